The molecule has 0 aromatic heterocycles. The smallest absolute Gasteiger partial charge is 0.462 e. The lowest BCUT2D eigenvalue weighted by molar-refractivity contribution is -0.161. The zero-order valence-corrected chi connectivity index (χ0v) is 64.9. The summed E-state index contributed by atoms with van der Waals surface area (Å²) in [6, 6.07) is 0. The van der Waals surface area contributed by atoms with Crippen LogP contribution >= 0.6 is 15.6 Å². The van der Waals surface area contributed by atoms with Crippen molar-refractivity contribution in [3.63, 3.8) is 0 Å². The lowest BCUT2D eigenvalue weighted by atomic mass is 10.1. The van der Waals surface area contributed by atoms with E-state index in [-0.39, 0.29) is 25.7 Å². The second kappa shape index (κ2) is 73.3. The summed E-state index contributed by atoms with van der Waals surface area (Å²) in [6.45, 7) is 4.69. The predicted octanol–water partition coefficient (Wildman–Crippen LogP) is 22.8. The average molecular weight is 1450 g/mol. The van der Waals surface area contributed by atoms with Gasteiger partial charge in [-0.25, -0.2) is 9.13 Å². The van der Waals surface area contributed by atoms with Crippen LogP contribution in [0.15, 0.2) is 97.2 Å². The van der Waals surface area contributed by atoms with Gasteiger partial charge in [-0.05, 0) is 128 Å². The second-order valence-corrected chi connectivity index (χ2v) is 29.2. The van der Waals surface area contributed by atoms with Crippen LogP contribution in [0.5, 0.6) is 0 Å². The minimum absolute atomic E-state index is 0.0638. The van der Waals surface area contributed by atoms with Crippen molar-refractivity contribution in [2.75, 3.05) is 39.6 Å². The molecule has 0 aromatic carbocycles. The number of allylic oxidation sites excluding steroid dienone is 16. The molecule has 0 spiro atoms. The molecule has 19 heteroatoms. The Hall–Kier alpha value is -4.02. The Kier molecular flexibility index (Phi) is 70.4. The topological polar surface area (TPSA) is 237 Å². The van der Waals surface area contributed by atoms with Crippen molar-refractivity contribution in [2.24, 2.45) is 0 Å². The molecule has 0 rings (SSSR count). The molecule has 0 saturated heterocycles. The monoisotopic (exact) mass is 1450 g/mol. The largest absolute Gasteiger partial charge is 0.472 e. The standard InChI is InChI=1S/C81H142O17P2/c1-5-9-13-17-21-25-29-32-34-36-37-39-40-43-47-50-54-58-62-66-79(84)92-72-77(98-81(86)68-64-60-56-52-48-44-41-38-35-33-30-26-22-18-14-10-6-2)74-96-100(89,90)94-70-75(82)69-93-99(87,88)95-73-76(97-80(85)67-63-59-55-51-45-28-24-20-16-12-8-4)71-91-78(83)65-61-57-53-49-46-42-31-27-23-19-15-11-7-3/h10,14,21-22,25-27,31-35,37,39,41,44,75-77,82H,5-9,11-13,15-20,23-24,28-30,36,38,40,42-43,45-74H2,1-4H3,(H,87,88)(H,89,90)/b14-10-,25-21-,26-22-,31-27-,34-32-,35-33-,39-37-,44-41-. The fraction of sp³-hybridized carbons (Fsp3) is 0.753. The van der Waals surface area contributed by atoms with Crippen molar-refractivity contribution in [1.29, 1.82) is 0 Å². The molecule has 0 aromatic rings. The summed E-state index contributed by atoms with van der Waals surface area (Å²) in [5.41, 5.74) is 0. The average Bonchev–Trinajstić information content (AvgIpc) is 1.05. The maximum Gasteiger partial charge on any atom is 0.472 e. The van der Waals surface area contributed by atoms with E-state index in [1.807, 2.05) is 0 Å². The van der Waals surface area contributed by atoms with Gasteiger partial charge in [0.05, 0.1) is 26.4 Å². The van der Waals surface area contributed by atoms with Gasteiger partial charge in [0.1, 0.15) is 19.3 Å². The van der Waals surface area contributed by atoms with Gasteiger partial charge in [0.2, 0.25) is 0 Å². The molecule has 0 aliphatic carbocycles. The Morgan fingerprint density at radius 1 is 0.290 bits per heavy atom. The number of carbonyl (C=O) groups excluding carboxylic acids is 4. The Balaban J connectivity index is 5.36. The van der Waals surface area contributed by atoms with E-state index in [1.54, 1.807) is 0 Å². The highest BCUT2D eigenvalue weighted by Crippen LogP contribution is 2.45. The molecule has 0 aliphatic heterocycles. The summed E-state index contributed by atoms with van der Waals surface area (Å²) in [4.78, 5) is 72.9. The van der Waals surface area contributed by atoms with Crippen LogP contribution in [0, 0.1) is 0 Å². The number of hydrogen-bond donors (Lipinski definition) is 3. The maximum absolute atomic E-state index is 13.1. The first-order valence-electron chi connectivity index (χ1n) is 39.5. The minimum atomic E-state index is -4.98. The number of carbonyl (C=O) groups is 4. The molecule has 0 aliphatic rings. The van der Waals surface area contributed by atoms with Gasteiger partial charge in [-0.1, -0.05) is 279 Å². The van der Waals surface area contributed by atoms with Crippen molar-refractivity contribution < 1.29 is 80.2 Å². The van der Waals surface area contributed by atoms with Gasteiger partial charge in [-0.2, -0.15) is 0 Å². The van der Waals surface area contributed by atoms with E-state index in [9.17, 15) is 43.2 Å². The lowest BCUT2D eigenvalue weighted by Crippen LogP contribution is -2.30. The molecule has 0 bridgehead atoms. The molecule has 5 unspecified atom stereocenters. The first-order valence-corrected chi connectivity index (χ1v) is 42.5. The van der Waals surface area contributed by atoms with Gasteiger partial charge in [-0.15, -0.1) is 0 Å². The highest BCUT2D eigenvalue weighted by Gasteiger charge is 2.30. The van der Waals surface area contributed by atoms with Gasteiger partial charge in [0.25, 0.3) is 0 Å². The third-order valence-corrected chi connectivity index (χ3v) is 18.4. The van der Waals surface area contributed by atoms with Gasteiger partial charge in [0.15, 0.2) is 12.2 Å². The van der Waals surface area contributed by atoms with E-state index >= 15 is 0 Å². The van der Waals surface area contributed by atoms with Crippen LogP contribution in [0.25, 0.3) is 0 Å². The molecular formula is C81H142O17P2. The fourth-order valence-electron chi connectivity index (χ4n) is 10.5. The molecule has 0 radical (unpaired) electrons. The van der Waals surface area contributed by atoms with Crippen molar-refractivity contribution in [3.05, 3.63) is 97.2 Å². The number of phosphoric ester groups is 2. The predicted molar refractivity (Wildman–Crippen MR) is 409 cm³/mol. The SMILES string of the molecule is CC/C=C\C/C=C\C/C=C\C/C=C\CCCCCCC(=O)OC(COC(=O)CCCCCCCC/C=C\C/C=C\C/C=C\CCCCC)COP(=O)(O)OCC(O)COP(=O)(O)OCC(COC(=O)CCCCCCC/C=C\CCCCCC)OC(=O)CCCCCCCCCCCCC. The molecule has 0 fully saturated rings. The van der Waals surface area contributed by atoms with Crippen LogP contribution in [0.4, 0.5) is 0 Å². The van der Waals surface area contributed by atoms with E-state index in [0.29, 0.717) is 25.7 Å². The van der Waals surface area contributed by atoms with Crippen LogP contribution < -0.4 is 0 Å². The van der Waals surface area contributed by atoms with Crippen molar-refractivity contribution in [2.45, 2.75) is 354 Å². The number of ether oxygens (including phenoxy) is 4. The molecule has 5 atom stereocenters. The summed E-state index contributed by atoms with van der Waals surface area (Å²) in [6.07, 6.45) is 76.7. The third-order valence-electron chi connectivity index (χ3n) is 16.5. The molecule has 17 nitrogen and oxygen atoms in total. The van der Waals surface area contributed by atoms with Crippen LogP contribution in [-0.4, -0.2) is 96.7 Å². The van der Waals surface area contributed by atoms with Crippen LogP contribution in [0.2, 0.25) is 0 Å². The summed E-state index contributed by atoms with van der Waals surface area (Å²) >= 11 is 0. The van der Waals surface area contributed by atoms with Crippen LogP contribution in [0.1, 0.15) is 336 Å². The second-order valence-electron chi connectivity index (χ2n) is 26.3. The maximum atomic E-state index is 13.1. The van der Waals surface area contributed by atoms with E-state index < -0.39 is 97.5 Å². The van der Waals surface area contributed by atoms with Gasteiger partial charge in [0, 0.05) is 25.7 Å². The number of phosphoric acid groups is 2. The molecule has 0 saturated carbocycles. The van der Waals surface area contributed by atoms with E-state index in [2.05, 4.69) is 125 Å². The Bertz CT molecular complexity index is 2270. The number of rotatable bonds is 74. The molecule has 0 amide bonds. The molecule has 0 heterocycles. The first-order chi connectivity index (χ1) is 48.7. The fourth-order valence-corrected chi connectivity index (χ4v) is 12.1. The number of aliphatic hydroxyl groups is 1. The van der Waals surface area contributed by atoms with E-state index in [4.69, 9.17) is 37.0 Å². The van der Waals surface area contributed by atoms with Crippen molar-refractivity contribution >= 4 is 39.5 Å². The quantitative estimate of drug-likeness (QED) is 0.0169. The number of esters is 4. The van der Waals surface area contributed by atoms with Crippen molar-refractivity contribution in [3.8, 4) is 0 Å². The van der Waals surface area contributed by atoms with Crippen LogP contribution in [0.3, 0.4) is 0 Å². The zero-order chi connectivity index (χ0) is 73.2. The summed E-state index contributed by atoms with van der Waals surface area (Å²) in [5, 5.41) is 10.6. The molecular weight excluding hydrogens is 1310 g/mol. The summed E-state index contributed by atoms with van der Waals surface area (Å²) in [5.74, 6) is -2.21. The normalized spacial score (nSPS) is 14.4. The van der Waals surface area contributed by atoms with E-state index in [0.717, 1.165) is 173 Å². The number of hydrogen-bond acceptors (Lipinski definition) is 15. The molecule has 578 valence electrons. The summed E-state index contributed by atoms with van der Waals surface area (Å²) in [7, 11) is -9.96. The van der Waals surface area contributed by atoms with Crippen LogP contribution in [-0.2, 0) is 65.4 Å². The Morgan fingerprint density at radius 3 is 0.840 bits per heavy atom. The first kappa shape index (κ1) is 96.0. The van der Waals surface area contributed by atoms with Gasteiger partial charge < -0.3 is 33.8 Å². The van der Waals surface area contributed by atoms with Gasteiger partial charge in [-0.3, -0.25) is 37.3 Å². The van der Waals surface area contributed by atoms with Crippen molar-refractivity contribution in [1.82, 2.24) is 0 Å². The zero-order valence-electron chi connectivity index (χ0n) is 63.1. The molecule has 100 heavy (non-hydrogen) atoms. The Labute approximate surface area is 607 Å². The third kappa shape index (κ3) is 72.3. The minimum Gasteiger partial charge on any atom is -0.462 e. The van der Waals surface area contributed by atoms with Gasteiger partial charge >= 0.3 is 39.5 Å². The number of unbranched alkanes of at least 4 members (excludes halogenated alkanes) is 32. The van der Waals surface area contributed by atoms with E-state index in [1.165, 1.54) is 83.5 Å². The highest BCUT2D eigenvalue weighted by molar-refractivity contribution is 7.47. The summed E-state index contributed by atoms with van der Waals surface area (Å²) < 4.78 is 68.5. The molecule has 3 N–H and O–H groups in total. The lowest BCUT2D eigenvalue weighted by Gasteiger charge is -2.21. The highest BCUT2D eigenvalue weighted by atomic mass is 31.2. The number of aliphatic hydroxyl groups excluding tert-OH is 1. The Morgan fingerprint density at radius 2 is 0.520 bits per heavy atom.